The van der Waals surface area contributed by atoms with E-state index < -0.39 is 6.10 Å². The topological polar surface area (TPSA) is 45.8 Å². The summed E-state index contributed by atoms with van der Waals surface area (Å²) in [4.78, 5) is 2.30. The fourth-order valence-corrected chi connectivity index (χ4v) is 4.57. The molecule has 1 unspecified atom stereocenters. The number of furan rings is 1. The van der Waals surface area contributed by atoms with Gasteiger partial charge in [-0.25, -0.2) is 4.39 Å². The Morgan fingerprint density at radius 3 is 2.71 bits per heavy atom. The molecule has 0 aliphatic carbocycles. The van der Waals surface area contributed by atoms with Crippen molar-refractivity contribution in [2.75, 3.05) is 26.2 Å². The molecule has 0 amide bonds. The summed E-state index contributed by atoms with van der Waals surface area (Å²) in [7, 11) is 0. The molecule has 1 aliphatic rings. The van der Waals surface area contributed by atoms with Crippen LogP contribution in [-0.4, -0.2) is 42.4 Å². The number of rotatable bonds is 6. The molecule has 1 saturated heterocycles. The SMILES string of the molecule is OC(COc1cccc2occc12)CN1CCC(c2ccc3cc(F)ccc3c2)CC1. The van der Waals surface area contributed by atoms with E-state index in [9.17, 15) is 9.50 Å². The number of piperidine rings is 1. The number of likely N-dealkylation sites (tertiary alicyclic amines) is 1. The molecule has 4 nitrogen and oxygen atoms in total. The Labute approximate surface area is 180 Å². The van der Waals surface area contributed by atoms with Crippen molar-refractivity contribution in [3.05, 3.63) is 78.3 Å². The minimum atomic E-state index is -0.547. The molecule has 0 bridgehead atoms. The fourth-order valence-electron chi connectivity index (χ4n) is 4.57. The summed E-state index contributed by atoms with van der Waals surface area (Å²) in [6.45, 7) is 2.75. The van der Waals surface area contributed by atoms with E-state index in [1.54, 1.807) is 12.3 Å². The van der Waals surface area contributed by atoms with Crippen LogP contribution in [0.3, 0.4) is 0 Å². The molecule has 160 valence electrons. The molecule has 0 spiro atoms. The van der Waals surface area contributed by atoms with Crippen LogP contribution in [0.4, 0.5) is 4.39 Å². The van der Waals surface area contributed by atoms with E-state index in [2.05, 4.69) is 17.0 Å². The minimum absolute atomic E-state index is 0.197. The molecule has 4 aromatic rings. The first-order valence-electron chi connectivity index (χ1n) is 10.8. The molecule has 1 aliphatic heterocycles. The first kappa shape index (κ1) is 20.0. The highest BCUT2D eigenvalue weighted by Crippen LogP contribution is 2.31. The lowest BCUT2D eigenvalue weighted by molar-refractivity contribution is 0.0599. The monoisotopic (exact) mass is 419 g/mol. The number of halogens is 1. The standard InChI is InChI=1S/C26H26FNO3/c27-22-7-6-20-14-19(4-5-21(20)15-22)18-8-11-28(12-9-18)16-23(29)17-31-26-3-1-2-25-24(26)10-13-30-25/h1-7,10,13-15,18,23,29H,8-9,11-12,16-17H2. The van der Waals surface area contributed by atoms with Crippen molar-refractivity contribution in [2.45, 2.75) is 24.9 Å². The van der Waals surface area contributed by atoms with Gasteiger partial charge in [0.05, 0.1) is 11.6 Å². The van der Waals surface area contributed by atoms with Crippen LogP contribution in [0.15, 0.2) is 71.3 Å². The van der Waals surface area contributed by atoms with E-state index in [1.165, 1.54) is 11.6 Å². The lowest BCUT2D eigenvalue weighted by Crippen LogP contribution is -2.40. The molecule has 1 atom stereocenters. The molecule has 0 radical (unpaired) electrons. The summed E-state index contributed by atoms with van der Waals surface area (Å²) in [6, 6.07) is 18.8. The van der Waals surface area contributed by atoms with Crippen molar-refractivity contribution in [1.82, 2.24) is 4.90 Å². The third kappa shape index (κ3) is 4.43. The summed E-state index contributed by atoms with van der Waals surface area (Å²) < 4.78 is 24.7. The highest BCUT2D eigenvalue weighted by Gasteiger charge is 2.22. The number of hydrogen-bond acceptors (Lipinski definition) is 4. The number of hydrogen-bond donors (Lipinski definition) is 1. The second-order valence-corrected chi connectivity index (χ2v) is 8.38. The average Bonchev–Trinajstić information content (AvgIpc) is 3.27. The molecule has 3 aromatic carbocycles. The van der Waals surface area contributed by atoms with Crippen LogP contribution in [0.1, 0.15) is 24.3 Å². The quantitative estimate of drug-likeness (QED) is 0.458. The predicted molar refractivity (Wildman–Crippen MR) is 120 cm³/mol. The van der Waals surface area contributed by atoms with Gasteiger partial charge in [-0.3, -0.25) is 0 Å². The fraction of sp³-hybridized carbons (Fsp3) is 0.308. The van der Waals surface area contributed by atoms with Crippen molar-refractivity contribution >= 4 is 21.7 Å². The Kier molecular flexibility index (Phi) is 5.62. The van der Waals surface area contributed by atoms with Crippen LogP contribution < -0.4 is 4.74 Å². The van der Waals surface area contributed by atoms with Gasteiger partial charge in [-0.15, -0.1) is 0 Å². The number of benzene rings is 3. The minimum Gasteiger partial charge on any atom is -0.490 e. The zero-order chi connectivity index (χ0) is 21.2. The molecule has 5 heteroatoms. The Bertz CT molecular complexity index is 1180. The van der Waals surface area contributed by atoms with Gasteiger partial charge in [0.1, 0.15) is 29.9 Å². The summed E-state index contributed by atoms with van der Waals surface area (Å²) in [6.07, 6.45) is 3.20. The lowest BCUT2D eigenvalue weighted by Gasteiger charge is -2.33. The van der Waals surface area contributed by atoms with E-state index in [1.807, 2.05) is 36.4 Å². The number of nitrogens with zero attached hydrogens (tertiary/aromatic N) is 1. The molecule has 0 saturated carbocycles. The van der Waals surface area contributed by atoms with Crippen LogP contribution in [0.2, 0.25) is 0 Å². The van der Waals surface area contributed by atoms with Crippen molar-refractivity contribution in [2.24, 2.45) is 0 Å². The van der Waals surface area contributed by atoms with Gasteiger partial charge in [0.25, 0.3) is 0 Å². The van der Waals surface area contributed by atoms with E-state index in [0.717, 1.165) is 53.4 Å². The molecular formula is C26H26FNO3. The van der Waals surface area contributed by atoms with Gasteiger partial charge in [0.15, 0.2) is 0 Å². The Balaban J connectivity index is 1.14. The molecule has 2 heterocycles. The summed E-state index contributed by atoms with van der Waals surface area (Å²) in [5.41, 5.74) is 2.10. The second-order valence-electron chi connectivity index (χ2n) is 8.38. The maximum absolute atomic E-state index is 13.4. The van der Waals surface area contributed by atoms with E-state index >= 15 is 0 Å². The third-order valence-corrected chi connectivity index (χ3v) is 6.24. The van der Waals surface area contributed by atoms with Gasteiger partial charge in [-0.2, -0.15) is 0 Å². The van der Waals surface area contributed by atoms with Crippen LogP contribution in [0.5, 0.6) is 5.75 Å². The van der Waals surface area contributed by atoms with Crippen molar-refractivity contribution in [1.29, 1.82) is 0 Å². The highest BCUT2D eigenvalue weighted by atomic mass is 19.1. The van der Waals surface area contributed by atoms with Crippen LogP contribution in [-0.2, 0) is 0 Å². The summed E-state index contributed by atoms with van der Waals surface area (Å²) in [5, 5.41) is 13.4. The first-order chi connectivity index (χ1) is 15.2. The Morgan fingerprint density at radius 1 is 1.03 bits per heavy atom. The maximum atomic E-state index is 13.4. The van der Waals surface area contributed by atoms with E-state index in [4.69, 9.17) is 9.15 Å². The van der Waals surface area contributed by atoms with Crippen LogP contribution in [0, 0.1) is 5.82 Å². The predicted octanol–water partition coefficient (Wildman–Crippen LogP) is 5.34. The first-order valence-corrected chi connectivity index (χ1v) is 10.8. The maximum Gasteiger partial charge on any atom is 0.137 e. The number of aliphatic hydroxyl groups excluding tert-OH is 1. The number of β-amino-alcohol motifs (C(OH)–C–C–N with tert-alkyl or cyclic N) is 1. The Hall–Kier alpha value is -2.89. The number of aliphatic hydroxyl groups is 1. The number of ether oxygens (including phenoxy) is 1. The van der Waals surface area contributed by atoms with Crippen molar-refractivity contribution in [3.63, 3.8) is 0 Å². The molecule has 1 N–H and O–H groups in total. The molecular weight excluding hydrogens is 393 g/mol. The van der Waals surface area contributed by atoms with E-state index in [-0.39, 0.29) is 12.4 Å². The van der Waals surface area contributed by atoms with Gasteiger partial charge in [-0.1, -0.05) is 30.3 Å². The largest absolute Gasteiger partial charge is 0.490 e. The van der Waals surface area contributed by atoms with Crippen LogP contribution in [0.25, 0.3) is 21.7 Å². The highest BCUT2D eigenvalue weighted by molar-refractivity contribution is 5.84. The zero-order valence-corrected chi connectivity index (χ0v) is 17.3. The molecule has 31 heavy (non-hydrogen) atoms. The smallest absolute Gasteiger partial charge is 0.137 e. The van der Waals surface area contributed by atoms with Crippen molar-refractivity contribution < 1.29 is 18.7 Å². The van der Waals surface area contributed by atoms with E-state index in [0.29, 0.717) is 12.5 Å². The zero-order valence-electron chi connectivity index (χ0n) is 17.3. The Morgan fingerprint density at radius 2 is 1.84 bits per heavy atom. The third-order valence-electron chi connectivity index (χ3n) is 6.24. The summed E-state index contributed by atoms with van der Waals surface area (Å²) in [5.74, 6) is 1.04. The number of fused-ring (bicyclic) bond motifs is 2. The van der Waals surface area contributed by atoms with Gasteiger partial charge in [0, 0.05) is 6.54 Å². The second kappa shape index (κ2) is 8.69. The normalized spacial score (nSPS) is 16.7. The van der Waals surface area contributed by atoms with Crippen LogP contribution >= 0.6 is 0 Å². The molecule has 1 aromatic heterocycles. The van der Waals surface area contributed by atoms with Gasteiger partial charge in [0.2, 0.25) is 0 Å². The molecule has 5 rings (SSSR count). The summed E-state index contributed by atoms with van der Waals surface area (Å²) >= 11 is 0. The molecule has 1 fully saturated rings. The van der Waals surface area contributed by atoms with Gasteiger partial charge in [-0.05, 0) is 78.5 Å². The van der Waals surface area contributed by atoms with Gasteiger partial charge >= 0.3 is 0 Å². The van der Waals surface area contributed by atoms with Crippen molar-refractivity contribution in [3.8, 4) is 5.75 Å². The average molecular weight is 419 g/mol. The lowest BCUT2D eigenvalue weighted by atomic mass is 9.88. The van der Waals surface area contributed by atoms with Gasteiger partial charge < -0.3 is 19.2 Å².